The van der Waals surface area contributed by atoms with Crippen LogP contribution in [0.1, 0.15) is 22.8 Å². The molecule has 1 aliphatic heterocycles. The van der Waals surface area contributed by atoms with Crippen molar-refractivity contribution in [3.05, 3.63) is 65.7 Å². The monoisotopic (exact) mass is 296 g/mol. The summed E-state index contributed by atoms with van der Waals surface area (Å²) < 4.78 is 0. The summed E-state index contributed by atoms with van der Waals surface area (Å²) in [6.45, 7) is 2.39. The average molecular weight is 296 g/mol. The Labute approximate surface area is 128 Å². The Morgan fingerprint density at radius 2 is 1.77 bits per heavy atom. The molecule has 1 unspecified atom stereocenters. The highest BCUT2D eigenvalue weighted by Crippen LogP contribution is 2.31. The van der Waals surface area contributed by atoms with Gasteiger partial charge in [0, 0.05) is 0 Å². The lowest BCUT2D eigenvalue weighted by atomic mass is 9.82. The van der Waals surface area contributed by atoms with Crippen LogP contribution in [0.4, 0.5) is 5.69 Å². The second kappa shape index (κ2) is 5.18. The minimum absolute atomic E-state index is 0.0685. The van der Waals surface area contributed by atoms with E-state index >= 15 is 0 Å². The zero-order valence-corrected chi connectivity index (χ0v) is 12.1. The standard InChI is InChI=1S/C17H16N2O3/c1-17(13-5-3-2-4-6-13)11-19(18-16(17)22)14-9-7-12(8-10-14)15(20)21/h2-10H,11H2,1H3,(H,18,22)(H,20,21). The maximum atomic E-state index is 12.4. The molecule has 22 heavy (non-hydrogen) atoms. The molecule has 1 amide bonds. The molecule has 0 radical (unpaired) electrons. The van der Waals surface area contributed by atoms with Crippen LogP contribution in [0, 0.1) is 0 Å². The lowest BCUT2D eigenvalue weighted by Crippen LogP contribution is -2.34. The van der Waals surface area contributed by atoms with Gasteiger partial charge in [0.1, 0.15) is 0 Å². The number of carboxylic acid groups (broad SMARTS) is 1. The van der Waals surface area contributed by atoms with Crippen LogP contribution in [0.15, 0.2) is 54.6 Å². The van der Waals surface area contributed by atoms with Gasteiger partial charge in [-0.05, 0) is 36.8 Å². The van der Waals surface area contributed by atoms with Gasteiger partial charge in [-0.15, -0.1) is 0 Å². The van der Waals surface area contributed by atoms with Crippen molar-refractivity contribution in [2.24, 2.45) is 0 Å². The lowest BCUT2D eigenvalue weighted by molar-refractivity contribution is -0.123. The number of hydrazine groups is 1. The molecule has 2 N–H and O–H groups in total. The molecule has 1 fully saturated rings. The van der Waals surface area contributed by atoms with Gasteiger partial charge in [0.2, 0.25) is 0 Å². The van der Waals surface area contributed by atoms with Crippen LogP contribution in [-0.2, 0) is 10.2 Å². The van der Waals surface area contributed by atoms with Gasteiger partial charge in [0.05, 0.1) is 23.2 Å². The minimum Gasteiger partial charge on any atom is -0.478 e. The van der Waals surface area contributed by atoms with E-state index in [1.807, 2.05) is 37.3 Å². The quantitative estimate of drug-likeness (QED) is 0.911. The number of anilines is 1. The number of aromatic carboxylic acids is 1. The Morgan fingerprint density at radius 3 is 2.36 bits per heavy atom. The van der Waals surface area contributed by atoms with Crippen molar-refractivity contribution in [2.75, 3.05) is 11.6 Å². The average Bonchev–Trinajstić information content (AvgIpc) is 2.85. The number of nitrogens with one attached hydrogen (secondary N) is 1. The molecule has 1 aliphatic rings. The van der Waals surface area contributed by atoms with Crippen LogP contribution in [0.5, 0.6) is 0 Å². The minimum atomic E-state index is -0.967. The Balaban J connectivity index is 1.87. The maximum absolute atomic E-state index is 12.4. The molecule has 0 aliphatic carbocycles. The summed E-state index contributed by atoms with van der Waals surface area (Å²) in [5, 5.41) is 10.7. The number of carboxylic acids is 1. The number of rotatable bonds is 3. The van der Waals surface area contributed by atoms with Crippen LogP contribution in [0.3, 0.4) is 0 Å². The van der Waals surface area contributed by atoms with Crippen LogP contribution in [0.25, 0.3) is 0 Å². The summed E-state index contributed by atoms with van der Waals surface area (Å²) in [6, 6.07) is 16.1. The van der Waals surface area contributed by atoms with E-state index in [2.05, 4.69) is 5.43 Å². The first-order valence-electron chi connectivity index (χ1n) is 6.98. The SMILES string of the molecule is CC1(c2ccccc2)CN(c2ccc(C(=O)O)cc2)NC1=O. The van der Waals surface area contributed by atoms with Crippen LogP contribution in [0.2, 0.25) is 0 Å². The predicted molar refractivity (Wildman–Crippen MR) is 82.7 cm³/mol. The number of carbonyl (C=O) groups excluding carboxylic acids is 1. The molecule has 5 heteroatoms. The highest BCUT2D eigenvalue weighted by molar-refractivity contribution is 5.93. The van der Waals surface area contributed by atoms with Crippen molar-refractivity contribution in [3.63, 3.8) is 0 Å². The molecule has 5 nitrogen and oxygen atoms in total. The second-order valence-electron chi connectivity index (χ2n) is 5.58. The molecule has 0 bridgehead atoms. The zero-order valence-electron chi connectivity index (χ0n) is 12.1. The van der Waals surface area contributed by atoms with E-state index in [0.29, 0.717) is 6.54 Å². The van der Waals surface area contributed by atoms with Gasteiger partial charge >= 0.3 is 5.97 Å². The summed E-state index contributed by atoms with van der Waals surface area (Å²) in [4.78, 5) is 23.3. The largest absolute Gasteiger partial charge is 0.478 e. The molecule has 112 valence electrons. The highest BCUT2D eigenvalue weighted by Gasteiger charge is 2.43. The summed E-state index contributed by atoms with van der Waals surface area (Å²) in [5.41, 5.74) is 4.16. The zero-order chi connectivity index (χ0) is 15.7. The van der Waals surface area contributed by atoms with E-state index in [-0.39, 0.29) is 11.5 Å². The molecule has 1 heterocycles. The maximum Gasteiger partial charge on any atom is 0.335 e. The predicted octanol–water partition coefficient (Wildman–Crippen LogP) is 2.19. The summed E-state index contributed by atoms with van der Waals surface area (Å²) in [5.74, 6) is -1.04. The van der Waals surface area contributed by atoms with Crippen LogP contribution in [-0.4, -0.2) is 23.5 Å². The summed E-state index contributed by atoms with van der Waals surface area (Å²) in [6.07, 6.45) is 0. The van der Waals surface area contributed by atoms with E-state index in [4.69, 9.17) is 5.11 Å². The molecular weight excluding hydrogens is 280 g/mol. The normalized spacial score (nSPS) is 20.8. The lowest BCUT2D eigenvalue weighted by Gasteiger charge is -2.22. The number of benzene rings is 2. The first-order chi connectivity index (χ1) is 10.5. The number of amides is 1. The Morgan fingerprint density at radius 1 is 1.14 bits per heavy atom. The Bertz CT molecular complexity index is 712. The highest BCUT2D eigenvalue weighted by atomic mass is 16.4. The van der Waals surface area contributed by atoms with Gasteiger partial charge in [-0.1, -0.05) is 30.3 Å². The van der Waals surface area contributed by atoms with Gasteiger partial charge in [0.25, 0.3) is 5.91 Å². The van der Waals surface area contributed by atoms with E-state index in [1.165, 1.54) is 12.1 Å². The van der Waals surface area contributed by atoms with E-state index < -0.39 is 11.4 Å². The van der Waals surface area contributed by atoms with Gasteiger partial charge in [0.15, 0.2) is 0 Å². The summed E-state index contributed by atoms with van der Waals surface area (Å²) in [7, 11) is 0. The number of hydrogen-bond acceptors (Lipinski definition) is 3. The van der Waals surface area contributed by atoms with Gasteiger partial charge in [-0.2, -0.15) is 0 Å². The molecule has 2 aromatic rings. The van der Waals surface area contributed by atoms with Crippen molar-refractivity contribution in [3.8, 4) is 0 Å². The van der Waals surface area contributed by atoms with Crippen molar-refractivity contribution in [1.29, 1.82) is 0 Å². The van der Waals surface area contributed by atoms with Gasteiger partial charge in [-0.25, -0.2) is 4.79 Å². The fraction of sp³-hybridized carbons (Fsp3) is 0.176. The first kappa shape index (κ1) is 14.1. The molecule has 1 atom stereocenters. The fourth-order valence-electron chi connectivity index (χ4n) is 2.64. The van der Waals surface area contributed by atoms with Crippen LogP contribution >= 0.6 is 0 Å². The molecule has 3 rings (SSSR count). The van der Waals surface area contributed by atoms with Crippen molar-refractivity contribution in [2.45, 2.75) is 12.3 Å². The van der Waals surface area contributed by atoms with E-state index in [1.54, 1.807) is 17.1 Å². The van der Waals surface area contributed by atoms with Gasteiger partial charge < -0.3 is 5.11 Å². The van der Waals surface area contributed by atoms with E-state index in [9.17, 15) is 9.59 Å². The second-order valence-corrected chi connectivity index (χ2v) is 5.58. The Hall–Kier alpha value is -2.82. The molecule has 0 saturated carbocycles. The smallest absolute Gasteiger partial charge is 0.335 e. The topological polar surface area (TPSA) is 69.6 Å². The number of nitrogens with zero attached hydrogens (tertiary/aromatic N) is 1. The molecule has 2 aromatic carbocycles. The first-order valence-corrected chi connectivity index (χ1v) is 6.98. The van der Waals surface area contributed by atoms with Crippen molar-refractivity contribution < 1.29 is 14.7 Å². The molecule has 1 saturated heterocycles. The number of carbonyl (C=O) groups is 2. The molecule has 0 aromatic heterocycles. The fourth-order valence-corrected chi connectivity index (χ4v) is 2.64. The molecule has 0 spiro atoms. The third-order valence-corrected chi connectivity index (χ3v) is 4.05. The number of hydrogen-bond donors (Lipinski definition) is 2. The third-order valence-electron chi connectivity index (χ3n) is 4.05. The molecular formula is C17H16N2O3. The van der Waals surface area contributed by atoms with E-state index in [0.717, 1.165) is 11.3 Å². The Kier molecular flexibility index (Phi) is 3.33. The third kappa shape index (κ3) is 2.30. The van der Waals surface area contributed by atoms with Crippen molar-refractivity contribution in [1.82, 2.24) is 5.43 Å². The van der Waals surface area contributed by atoms with Crippen molar-refractivity contribution >= 4 is 17.6 Å². The van der Waals surface area contributed by atoms with Crippen LogP contribution < -0.4 is 10.4 Å². The van der Waals surface area contributed by atoms with Gasteiger partial charge in [-0.3, -0.25) is 15.2 Å². The summed E-state index contributed by atoms with van der Waals surface area (Å²) >= 11 is 0.